The molecule has 9 nitrogen and oxygen atoms in total. The minimum absolute atomic E-state index is 0.00870. The number of ketones is 1. The molecule has 0 radical (unpaired) electrons. The summed E-state index contributed by atoms with van der Waals surface area (Å²) in [5.41, 5.74) is 17.2. The lowest BCUT2D eigenvalue weighted by Gasteiger charge is -2.42. The van der Waals surface area contributed by atoms with Crippen molar-refractivity contribution >= 4 is 40.8 Å². The fraction of sp³-hybridized carbons (Fsp3) is 0.310. The van der Waals surface area contributed by atoms with Crippen LogP contribution in [0, 0.1) is 5.41 Å². The van der Waals surface area contributed by atoms with Crippen molar-refractivity contribution in [3.63, 3.8) is 0 Å². The van der Waals surface area contributed by atoms with Gasteiger partial charge in [-0.3, -0.25) is 19.7 Å². The van der Waals surface area contributed by atoms with Crippen molar-refractivity contribution in [3.05, 3.63) is 77.0 Å². The van der Waals surface area contributed by atoms with Gasteiger partial charge in [-0.1, -0.05) is 54.6 Å². The molecule has 1 aliphatic heterocycles. The van der Waals surface area contributed by atoms with E-state index in [2.05, 4.69) is 44.1 Å². The summed E-state index contributed by atoms with van der Waals surface area (Å²) in [6.45, 7) is 3.28. The maximum Gasteiger partial charge on any atom is 0.184 e. The van der Waals surface area contributed by atoms with E-state index in [-0.39, 0.29) is 23.1 Å². The number of aromatic nitrogens is 5. The highest BCUT2D eigenvalue weighted by atomic mass is 35.5. The van der Waals surface area contributed by atoms with Crippen LogP contribution >= 0.6 is 23.4 Å². The predicted octanol–water partition coefficient (Wildman–Crippen LogP) is 5.15. The van der Waals surface area contributed by atoms with E-state index in [1.54, 1.807) is 30.9 Å². The van der Waals surface area contributed by atoms with Gasteiger partial charge in [-0.05, 0) is 41.9 Å². The quantitative estimate of drug-likeness (QED) is 0.298. The van der Waals surface area contributed by atoms with E-state index in [4.69, 9.17) is 33.0 Å². The third-order valence-corrected chi connectivity index (χ3v) is 9.52. The van der Waals surface area contributed by atoms with E-state index >= 15 is 0 Å². The number of nitrogens with zero attached hydrogens (tertiary/aromatic N) is 6. The number of anilines is 2. The Morgan fingerprint density at radius 2 is 1.93 bits per heavy atom. The van der Waals surface area contributed by atoms with E-state index in [1.807, 2.05) is 6.92 Å². The van der Waals surface area contributed by atoms with Gasteiger partial charge in [0.25, 0.3) is 0 Å². The first kappa shape index (κ1) is 26.6. The number of nitrogens with two attached hydrogens (primary N) is 2. The number of fused-ring (bicyclic) bond motifs is 1. The van der Waals surface area contributed by atoms with Crippen LogP contribution in [0.3, 0.4) is 0 Å². The summed E-state index contributed by atoms with van der Waals surface area (Å²) in [6.07, 6.45) is 9.50. The number of pyridine rings is 1. The SMILES string of the molecule is CCC(=O)c1nc(Sc2ccnc(-c3cnccn3)c2Cl)c(N)nc1N1CCC2(CC1)Cc1ccccc1[C@H]2N. The molecule has 4 N–H and O–H groups in total. The minimum Gasteiger partial charge on any atom is -0.381 e. The van der Waals surface area contributed by atoms with Gasteiger partial charge in [-0.15, -0.1) is 0 Å². The van der Waals surface area contributed by atoms with Crippen LogP contribution in [0.4, 0.5) is 11.6 Å². The number of carbonyl (C=O) groups is 1. The van der Waals surface area contributed by atoms with E-state index in [0.717, 1.165) is 32.4 Å². The highest BCUT2D eigenvalue weighted by Crippen LogP contribution is 2.51. The summed E-state index contributed by atoms with van der Waals surface area (Å²) >= 11 is 7.96. The molecule has 11 heteroatoms. The topological polar surface area (TPSA) is 137 Å². The third-order valence-electron chi connectivity index (χ3n) is 7.97. The van der Waals surface area contributed by atoms with Gasteiger partial charge in [0.15, 0.2) is 17.4 Å². The molecule has 0 bridgehead atoms. The number of benzene rings is 1. The molecule has 6 rings (SSSR count). The minimum atomic E-state index is -0.0873. The van der Waals surface area contributed by atoms with E-state index in [9.17, 15) is 4.79 Å². The highest BCUT2D eigenvalue weighted by Gasteiger charge is 2.46. The molecule has 0 saturated carbocycles. The molecular formula is C29H29ClN8OS. The highest BCUT2D eigenvalue weighted by molar-refractivity contribution is 7.99. The number of piperidine rings is 1. The number of rotatable bonds is 6. The van der Waals surface area contributed by atoms with Crippen molar-refractivity contribution in [2.75, 3.05) is 23.7 Å². The lowest BCUT2D eigenvalue weighted by molar-refractivity contribution is 0.0982. The molecule has 4 aromatic rings. The van der Waals surface area contributed by atoms with Gasteiger partial charge < -0.3 is 16.4 Å². The van der Waals surface area contributed by atoms with Gasteiger partial charge in [-0.25, -0.2) is 9.97 Å². The van der Waals surface area contributed by atoms with Crippen molar-refractivity contribution in [1.29, 1.82) is 0 Å². The first-order chi connectivity index (χ1) is 19.4. The lowest BCUT2D eigenvalue weighted by Crippen LogP contribution is -2.45. The maximum absolute atomic E-state index is 13.1. The molecule has 3 aromatic heterocycles. The normalized spacial score (nSPS) is 17.7. The van der Waals surface area contributed by atoms with Gasteiger partial charge in [-0.2, -0.15) is 0 Å². The standard InChI is InChI=1S/C29H29ClN8OS/c1-2-20(39)24-27(38-13-8-29(9-14-38)15-17-5-3-4-6-18(17)25(29)31)37-26(32)28(36-24)40-21-7-10-35-23(22(21)30)19-16-33-11-12-34-19/h3-7,10-12,16,25H,2,8-9,13-15,31H2,1H3,(H2,32,37)/t25-/m1/s1. The Morgan fingerprint density at radius 1 is 1.12 bits per heavy atom. The molecule has 1 saturated heterocycles. The Labute approximate surface area is 241 Å². The Hall–Kier alpha value is -3.60. The maximum atomic E-state index is 13.1. The van der Waals surface area contributed by atoms with Gasteiger partial charge in [0.2, 0.25) is 0 Å². The van der Waals surface area contributed by atoms with E-state index in [1.165, 1.54) is 22.9 Å². The summed E-state index contributed by atoms with van der Waals surface area (Å²) < 4.78 is 0. The third kappa shape index (κ3) is 4.70. The zero-order valence-electron chi connectivity index (χ0n) is 22.0. The second kappa shape index (κ2) is 10.8. The van der Waals surface area contributed by atoms with Gasteiger partial charge in [0.05, 0.1) is 11.2 Å². The Kier molecular flexibility index (Phi) is 7.16. The number of hydrogen-bond acceptors (Lipinski definition) is 10. The fourth-order valence-corrected chi connectivity index (χ4v) is 6.89. The van der Waals surface area contributed by atoms with E-state index in [0.29, 0.717) is 44.3 Å². The Morgan fingerprint density at radius 3 is 2.65 bits per heavy atom. The zero-order valence-corrected chi connectivity index (χ0v) is 23.6. The van der Waals surface area contributed by atoms with Crippen LogP contribution in [0.1, 0.15) is 53.8 Å². The molecule has 1 fully saturated rings. The molecular weight excluding hydrogens is 544 g/mol. The summed E-state index contributed by atoms with van der Waals surface area (Å²) in [6, 6.07) is 10.2. The number of halogens is 1. The number of Topliss-reactive ketones (excluding diaryl/α,β-unsaturated/α-hetero) is 1. The summed E-state index contributed by atoms with van der Waals surface area (Å²) in [4.78, 5) is 38.2. The Bertz CT molecular complexity index is 1580. The van der Waals surface area contributed by atoms with Crippen LogP contribution in [0.25, 0.3) is 11.4 Å². The summed E-state index contributed by atoms with van der Waals surface area (Å²) in [5, 5.41) is 0.817. The van der Waals surface area contributed by atoms with Crippen LogP contribution < -0.4 is 16.4 Å². The van der Waals surface area contributed by atoms with Crippen LogP contribution in [-0.2, 0) is 6.42 Å². The second-order valence-electron chi connectivity index (χ2n) is 10.2. The van der Waals surface area contributed by atoms with Crippen LogP contribution in [0.5, 0.6) is 0 Å². The zero-order chi connectivity index (χ0) is 27.9. The number of hydrogen-bond donors (Lipinski definition) is 2. The molecule has 40 heavy (non-hydrogen) atoms. The molecule has 0 unspecified atom stereocenters. The second-order valence-corrected chi connectivity index (χ2v) is 11.6. The lowest BCUT2D eigenvalue weighted by atomic mass is 9.73. The molecule has 1 aromatic carbocycles. The first-order valence-electron chi connectivity index (χ1n) is 13.3. The largest absolute Gasteiger partial charge is 0.381 e. The monoisotopic (exact) mass is 572 g/mol. The number of carbonyl (C=O) groups excluding carboxylic acids is 1. The van der Waals surface area contributed by atoms with Crippen molar-refractivity contribution in [2.24, 2.45) is 11.1 Å². The first-order valence-corrected chi connectivity index (χ1v) is 14.5. The predicted molar refractivity (Wildman–Crippen MR) is 156 cm³/mol. The summed E-state index contributed by atoms with van der Waals surface area (Å²) in [7, 11) is 0. The molecule has 0 amide bonds. The van der Waals surface area contributed by atoms with Crippen LogP contribution in [0.2, 0.25) is 5.02 Å². The number of nitrogen functional groups attached to an aromatic ring is 1. The van der Waals surface area contributed by atoms with Crippen molar-refractivity contribution < 1.29 is 4.79 Å². The van der Waals surface area contributed by atoms with Crippen LogP contribution in [0.15, 0.2) is 65.0 Å². The van der Waals surface area contributed by atoms with Gasteiger partial charge in [0.1, 0.15) is 22.1 Å². The molecule has 1 aliphatic carbocycles. The average Bonchev–Trinajstić information content (AvgIpc) is 3.26. The molecule has 1 spiro atoms. The molecule has 4 heterocycles. The molecule has 2 aliphatic rings. The smallest absolute Gasteiger partial charge is 0.184 e. The van der Waals surface area contributed by atoms with Crippen molar-refractivity contribution in [2.45, 2.75) is 48.6 Å². The van der Waals surface area contributed by atoms with Gasteiger partial charge in [0, 0.05) is 49.0 Å². The fourth-order valence-electron chi connectivity index (χ4n) is 5.75. The molecule has 204 valence electrons. The average molecular weight is 573 g/mol. The van der Waals surface area contributed by atoms with E-state index < -0.39 is 0 Å². The van der Waals surface area contributed by atoms with Crippen LogP contribution in [-0.4, -0.2) is 43.8 Å². The van der Waals surface area contributed by atoms with Crippen molar-refractivity contribution in [1.82, 2.24) is 24.9 Å². The summed E-state index contributed by atoms with van der Waals surface area (Å²) in [5.74, 6) is 0.691. The Balaban J connectivity index is 1.27. The van der Waals surface area contributed by atoms with Gasteiger partial charge >= 0.3 is 0 Å². The molecule has 1 atom stereocenters. The van der Waals surface area contributed by atoms with Crippen molar-refractivity contribution in [3.8, 4) is 11.4 Å².